The standard InChI is InChI=1S/C21H35BrN2O/c1-23(18-6-4-3-5-7-18)8-9-24(2)19(25)20-11-16-10-17(12-20)14-21(22,13-16)15-20/h16-18H,3-15H2,1-2H3. The van der Waals surface area contributed by atoms with Gasteiger partial charge in [0.15, 0.2) is 0 Å². The van der Waals surface area contributed by atoms with Crippen LogP contribution in [-0.4, -0.2) is 53.3 Å². The molecular weight excluding hydrogens is 376 g/mol. The van der Waals surface area contributed by atoms with Crippen molar-refractivity contribution in [2.45, 2.75) is 81.0 Å². The summed E-state index contributed by atoms with van der Waals surface area (Å²) in [5.41, 5.74) is -0.0499. The summed E-state index contributed by atoms with van der Waals surface area (Å²) in [5, 5.41) is 0. The number of halogens is 1. The number of likely N-dealkylation sites (N-methyl/N-ethyl adjacent to an activating group) is 2. The van der Waals surface area contributed by atoms with Gasteiger partial charge in [-0.05, 0) is 70.3 Å². The van der Waals surface area contributed by atoms with Gasteiger partial charge < -0.3 is 9.80 Å². The van der Waals surface area contributed by atoms with Crippen molar-refractivity contribution in [1.82, 2.24) is 9.80 Å². The molecule has 0 aromatic carbocycles. The van der Waals surface area contributed by atoms with Crippen molar-refractivity contribution in [3.8, 4) is 0 Å². The lowest BCUT2D eigenvalue weighted by molar-refractivity contribution is -0.154. The smallest absolute Gasteiger partial charge is 0.228 e. The first kappa shape index (κ1) is 18.3. The Morgan fingerprint density at radius 2 is 1.64 bits per heavy atom. The van der Waals surface area contributed by atoms with Gasteiger partial charge in [-0.25, -0.2) is 0 Å². The molecule has 5 aliphatic carbocycles. The number of amides is 1. The number of rotatable bonds is 5. The minimum absolute atomic E-state index is 0.0499. The summed E-state index contributed by atoms with van der Waals surface area (Å²) in [6, 6.07) is 0.739. The molecule has 142 valence electrons. The molecule has 3 nitrogen and oxygen atoms in total. The average Bonchev–Trinajstić information content (AvgIpc) is 2.57. The van der Waals surface area contributed by atoms with Crippen LogP contribution in [0.3, 0.4) is 0 Å². The summed E-state index contributed by atoms with van der Waals surface area (Å²) in [6.45, 7) is 1.91. The van der Waals surface area contributed by atoms with E-state index in [0.717, 1.165) is 50.2 Å². The summed E-state index contributed by atoms with van der Waals surface area (Å²) in [6.07, 6.45) is 14.2. The van der Waals surface area contributed by atoms with Crippen LogP contribution in [0.4, 0.5) is 0 Å². The molecule has 0 aromatic heterocycles. The number of carbonyl (C=O) groups excluding carboxylic acids is 1. The molecule has 4 bridgehead atoms. The second-order valence-corrected chi connectivity index (χ2v) is 11.6. The maximum absolute atomic E-state index is 13.4. The van der Waals surface area contributed by atoms with E-state index < -0.39 is 0 Å². The van der Waals surface area contributed by atoms with Crippen molar-refractivity contribution in [3.05, 3.63) is 0 Å². The molecule has 1 amide bonds. The van der Waals surface area contributed by atoms with E-state index in [2.05, 4.69) is 39.8 Å². The highest BCUT2D eigenvalue weighted by Crippen LogP contribution is 2.64. The molecule has 5 aliphatic rings. The van der Waals surface area contributed by atoms with E-state index in [-0.39, 0.29) is 9.74 Å². The topological polar surface area (TPSA) is 23.6 Å². The summed E-state index contributed by atoms with van der Waals surface area (Å²) in [4.78, 5) is 18.0. The fraction of sp³-hybridized carbons (Fsp3) is 0.952. The zero-order valence-electron chi connectivity index (χ0n) is 16.1. The van der Waals surface area contributed by atoms with Crippen LogP contribution in [0.15, 0.2) is 0 Å². The Morgan fingerprint density at radius 3 is 2.24 bits per heavy atom. The number of nitrogens with zero attached hydrogens (tertiary/aromatic N) is 2. The average molecular weight is 411 g/mol. The molecule has 0 saturated heterocycles. The summed E-state index contributed by atoms with van der Waals surface area (Å²) < 4.78 is 0.270. The van der Waals surface area contributed by atoms with Crippen molar-refractivity contribution in [2.24, 2.45) is 17.3 Å². The fourth-order valence-electron chi connectivity index (χ4n) is 6.92. The van der Waals surface area contributed by atoms with Crippen molar-refractivity contribution < 1.29 is 4.79 Å². The molecule has 0 N–H and O–H groups in total. The Hall–Kier alpha value is -0.0900. The first-order valence-electron chi connectivity index (χ1n) is 10.5. The minimum Gasteiger partial charge on any atom is -0.344 e. The number of hydrogen-bond acceptors (Lipinski definition) is 2. The highest BCUT2D eigenvalue weighted by atomic mass is 79.9. The Balaban J connectivity index is 1.36. The van der Waals surface area contributed by atoms with Crippen LogP contribution in [-0.2, 0) is 4.79 Å². The van der Waals surface area contributed by atoms with Crippen LogP contribution in [0.1, 0.15) is 70.6 Å². The minimum atomic E-state index is -0.0499. The number of alkyl halides is 1. The van der Waals surface area contributed by atoms with Gasteiger partial charge in [0.05, 0.1) is 5.41 Å². The van der Waals surface area contributed by atoms with Gasteiger partial charge in [-0.15, -0.1) is 0 Å². The first-order chi connectivity index (χ1) is 11.9. The molecule has 0 aromatic rings. The Labute approximate surface area is 162 Å². The van der Waals surface area contributed by atoms with Crippen molar-refractivity contribution in [2.75, 3.05) is 27.2 Å². The SMILES string of the molecule is CN(CCN(C)C1CCCCC1)C(=O)C12CC3CC(CC(Br)(C3)C1)C2. The molecule has 5 rings (SSSR count). The zero-order chi connectivity index (χ0) is 17.7. The fourth-order valence-corrected chi connectivity index (χ4v) is 8.37. The van der Waals surface area contributed by atoms with Gasteiger partial charge >= 0.3 is 0 Å². The molecule has 5 saturated carbocycles. The zero-order valence-corrected chi connectivity index (χ0v) is 17.7. The summed E-state index contributed by atoms with van der Waals surface area (Å²) in [7, 11) is 4.31. The van der Waals surface area contributed by atoms with Gasteiger partial charge in [0, 0.05) is 30.5 Å². The maximum atomic E-state index is 13.4. The third-order valence-corrected chi connectivity index (χ3v) is 8.70. The van der Waals surface area contributed by atoms with Crippen molar-refractivity contribution in [1.29, 1.82) is 0 Å². The number of carbonyl (C=O) groups is 1. The predicted octanol–water partition coefficient (Wildman–Crippen LogP) is 4.44. The summed E-state index contributed by atoms with van der Waals surface area (Å²) in [5.74, 6) is 2.01. The van der Waals surface area contributed by atoms with E-state index in [1.54, 1.807) is 0 Å². The van der Waals surface area contributed by atoms with Gasteiger partial charge in [-0.2, -0.15) is 0 Å². The lowest BCUT2D eigenvalue weighted by Crippen LogP contribution is -2.58. The number of hydrogen-bond donors (Lipinski definition) is 0. The lowest BCUT2D eigenvalue weighted by Gasteiger charge is -2.60. The molecule has 4 heteroatoms. The maximum Gasteiger partial charge on any atom is 0.228 e. The third kappa shape index (κ3) is 3.54. The van der Waals surface area contributed by atoms with Crippen LogP contribution in [0, 0.1) is 17.3 Å². The molecule has 2 atom stereocenters. The highest BCUT2D eigenvalue weighted by Gasteiger charge is 2.60. The van der Waals surface area contributed by atoms with E-state index in [9.17, 15) is 4.79 Å². The Bertz CT molecular complexity index is 502. The second kappa shape index (κ2) is 6.82. The second-order valence-electron chi connectivity index (χ2n) is 9.89. The van der Waals surface area contributed by atoms with Crippen LogP contribution < -0.4 is 0 Å². The first-order valence-corrected chi connectivity index (χ1v) is 11.3. The molecule has 0 spiro atoms. The van der Waals surface area contributed by atoms with E-state index in [0.29, 0.717) is 5.91 Å². The summed E-state index contributed by atoms with van der Waals surface area (Å²) >= 11 is 4.05. The van der Waals surface area contributed by atoms with E-state index >= 15 is 0 Å². The van der Waals surface area contributed by atoms with Gasteiger partial charge in [0.1, 0.15) is 0 Å². The Kier molecular flexibility index (Phi) is 4.98. The van der Waals surface area contributed by atoms with Gasteiger partial charge in [-0.3, -0.25) is 4.79 Å². The molecule has 0 radical (unpaired) electrons. The molecule has 25 heavy (non-hydrogen) atoms. The van der Waals surface area contributed by atoms with Crippen LogP contribution >= 0.6 is 15.9 Å². The van der Waals surface area contributed by atoms with Crippen LogP contribution in [0.2, 0.25) is 0 Å². The van der Waals surface area contributed by atoms with E-state index in [4.69, 9.17) is 0 Å². The largest absolute Gasteiger partial charge is 0.344 e. The molecule has 0 aliphatic heterocycles. The van der Waals surface area contributed by atoms with Crippen molar-refractivity contribution >= 4 is 21.8 Å². The van der Waals surface area contributed by atoms with Gasteiger partial charge in [-0.1, -0.05) is 35.2 Å². The molecule has 5 fully saturated rings. The van der Waals surface area contributed by atoms with E-state index in [1.165, 1.54) is 51.4 Å². The molecule has 2 unspecified atom stereocenters. The van der Waals surface area contributed by atoms with Crippen LogP contribution in [0.25, 0.3) is 0 Å². The van der Waals surface area contributed by atoms with E-state index in [1.807, 2.05) is 0 Å². The lowest BCUT2D eigenvalue weighted by atomic mass is 9.49. The monoisotopic (exact) mass is 410 g/mol. The highest BCUT2D eigenvalue weighted by molar-refractivity contribution is 9.10. The molecular formula is C21H35BrN2O. The third-order valence-electron chi connectivity index (χ3n) is 7.78. The normalized spacial score (nSPS) is 40.6. The molecule has 0 heterocycles. The van der Waals surface area contributed by atoms with Crippen molar-refractivity contribution in [3.63, 3.8) is 0 Å². The Morgan fingerprint density at radius 1 is 1.00 bits per heavy atom. The van der Waals surface area contributed by atoms with Gasteiger partial charge in [0.25, 0.3) is 0 Å². The van der Waals surface area contributed by atoms with Crippen LogP contribution in [0.5, 0.6) is 0 Å². The predicted molar refractivity (Wildman–Crippen MR) is 106 cm³/mol. The quantitative estimate of drug-likeness (QED) is 0.625. The van der Waals surface area contributed by atoms with Gasteiger partial charge in [0.2, 0.25) is 5.91 Å².